The predicted molar refractivity (Wildman–Crippen MR) is 78.6 cm³/mol. The van der Waals surface area contributed by atoms with Gasteiger partial charge in [-0.2, -0.15) is 0 Å². The highest BCUT2D eigenvalue weighted by Gasteiger charge is 2.39. The Morgan fingerprint density at radius 1 is 1.35 bits per heavy atom. The summed E-state index contributed by atoms with van der Waals surface area (Å²) < 4.78 is 26.9. The number of rotatable bonds is 5. The third-order valence-electron chi connectivity index (χ3n) is 4.75. The van der Waals surface area contributed by atoms with E-state index >= 15 is 0 Å². The molecule has 0 heterocycles. The van der Waals surface area contributed by atoms with Crippen molar-refractivity contribution in [2.45, 2.75) is 52.5 Å². The van der Waals surface area contributed by atoms with Gasteiger partial charge in [0, 0.05) is 12.1 Å². The van der Waals surface area contributed by atoms with Gasteiger partial charge in [0.15, 0.2) is 0 Å². The van der Waals surface area contributed by atoms with Crippen LogP contribution in [-0.2, 0) is 6.42 Å². The van der Waals surface area contributed by atoms with Gasteiger partial charge in [-0.05, 0) is 48.8 Å². The number of benzene rings is 1. The lowest BCUT2D eigenvalue weighted by Gasteiger charge is -2.35. The maximum atomic E-state index is 13.9. The van der Waals surface area contributed by atoms with E-state index in [1.54, 1.807) is 6.07 Å². The number of halogens is 2. The molecule has 3 heteroatoms. The summed E-state index contributed by atoms with van der Waals surface area (Å²) >= 11 is 0. The largest absolute Gasteiger partial charge is 0.314 e. The molecule has 0 spiro atoms. The van der Waals surface area contributed by atoms with E-state index < -0.39 is 11.6 Å². The van der Waals surface area contributed by atoms with Crippen LogP contribution in [0.2, 0.25) is 0 Å². The summed E-state index contributed by atoms with van der Waals surface area (Å²) in [6.07, 6.45) is 4.29. The maximum absolute atomic E-state index is 13.9. The number of hydrogen-bond acceptors (Lipinski definition) is 1. The van der Waals surface area contributed by atoms with Gasteiger partial charge in [-0.1, -0.05) is 33.3 Å². The Kier molecular flexibility index (Phi) is 4.79. The van der Waals surface area contributed by atoms with Crippen molar-refractivity contribution < 1.29 is 8.78 Å². The highest BCUT2D eigenvalue weighted by atomic mass is 19.1. The van der Waals surface area contributed by atoms with Gasteiger partial charge >= 0.3 is 0 Å². The molecule has 0 bridgehead atoms. The van der Waals surface area contributed by atoms with E-state index in [-0.39, 0.29) is 6.04 Å². The first-order valence-electron chi connectivity index (χ1n) is 7.61. The molecule has 0 amide bonds. The summed E-state index contributed by atoms with van der Waals surface area (Å²) in [5, 5.41) is 3.51. The molecule has 1 N–H and O–H groups in total. The molecule has 1 fully saturated rings. The van der Waals surface area contributed by atoms with Crippen molar-refractivity contribution in [2.75, 3.05) is 6.54 Å². The van der Waals surface area contributed by atoms with Gasteiger partial charge in [-0.3, -0.25) is 0 Å². The number of nitrogens with one attached hydrogen (secondary N) is 1. The lowest BCUT2D eigenvalue weighted by atomic mass is 9.76. The normalized spacial score (nSPS) is 22.9. The zero-order valence-corrected chi connectivity index (χ0v) is 12.7. The first-order chi connectivity index (χ1) is 9.44. The molecule has 2 rings (SSSR count). The molecule has 1 nitrogen and oxygen atoms in total. The molecule has 0 radical (unpaired) electrons. The predicted octanol–water partition coefficient (Wildman–Crippen LogP) is 4.31. The summed E-state index contributed by atoms with van der Waals surface area (Å²) in [5.74, 6) is -0.386. The van der Waals surface area contributed by atoms with Crippen LogP contribution in [0.15, 0.2) is 18.2 Å². The Hall–Kier alpha value is -0.960. The van der Waals surface area contributed by atoms with Gasteiger partial charge in [0.05, 0.1) is 0 Å². The van der Waals surface area contributed by atoms with E-state index in [4.69, 9.17) is 0 Å². The van der Waals surface area contributed by atoms with Crippen molar-refractivity contribution in [2.24, 2.45) is 11.3 Å². The van der Waals surface area contributed by atoms with Crippen molar-refractivity contribution in [1.29, 1.82) is 0 Å². The van der Waals surface area contributed by atoms with Crippen LogP contribution in [0.25, 0.3) is 0 Å². The number of likely N-dealkylation sites (N-methyl/N-ethyl adjacent to an activating group) is 1. The minimum atomic E-state index is -0.507. The van der Waals surface area contributed by atoms with Gasteiger partial charge < -0.3 is 5.32 Å². The van der Waals surface area contributed by atoms with E-state index in [9.17, 15) is 8.78 Å². The molecule has 0 aliphatic heterocycles. The molecule has 1 aromatic carbocycles. The Balaban J connectivity index is 2.17. The second-order valence-electron chi connectivity index (χ2n) is 6.59. The fourth-order valence-corrected chi connectivity index (χ4v) is 3.64. The van der Waals surface area contributed by atoms with E-state index in [0.717, 1.165) is 12.6 Å². The molecular weight excluding hydrogens is 256 g/mol. The molecule has 1 saturated carbocycles. The molecule has 0 aromatic heterocycles. The third-order valence-corrected chi connectivity index (χ3v) is 4.75. The first kappa shape index (κ1) is 15.4. The Bertz CT molecular complexity index is 456. The molecule has 112 valence electrons. The van der Waals surface area contributed by atoms with E-state index in [0.29, 0.717) is 23.3 Å². The molecule has 1 aliphatic rings. The molecular formula is C17H25F2N. The van der Waals surface area contributed by atoms with Crippen LogP contribution in [0.3, 0.4) is 0 Å². The van der Waals surface area contributed by atoms with Gasteiger partial charge in [0.25, 0.3) is 0 Å². The maximum Gasteiger partial charge on any atom is 0.129 e. The highest BCUT2D eigenvalue weighted by molar-refractivity contribution is 5.20. The van der Waals surface area contributed by atoms with Crippen molar-refractivity contribution in [3.63, 3.8) is 0 Å². The van der Waals surface area contributed by atoms with Crippen LogP contribution in [0, 0.1) is 23.0 Å². The molecule has 2 atom stereocenters. The fourth-order valence-electron chi connectivity index (χ4n) is 3.64. The Morgan fingerprint density at radius 3 is 2.65 bits per heavy atom. The van der Waals surface area contributed by atoms with Crippen LogP contribution in [0.1, 0.15) is 45.6 Å². The average molecular weight is 281 g/mol. The zero-order valence-electron chi connectivity index (χ0n) is 12.7. The molecule has 1 aliphatic carbocycles. The van der Waals surface area contributed by atoms with E-state index in [1.165, 1.54) is 25.3 Å². The van der Waals surface area contributed by atoms with E-state index in [1.807, 2.05) is 0 Å². The van der Waals surface area contributed by atoms with Gasteiger partial charge in [0.2, 0.25) is 0 Å². The van der Waals surface area contributed by atoms with Crippen LogP contribution >= 0.6 is 0 Å². The molecule has 20 heavy (non-hydrogen) atoms. The SMILES string of the molecule is CCNC(Cc1ccc(F)cc1F)C1CCCC1(C)C. The minimum Gasteiger partial charge on any atom is -0.314 e. The smallest absolute Gasteiger partial charge is 0.129 e. The van der Waals surface area contributed by atoms with Crippen LogP contribution in [0.4, 0.5) is 8.78 Å². The Morgan fingerprint density at radius 2 is 2.10 bits per heavy atom. The summed E-state index contributed by atoms with van der Waals surface area (Å²) in [5.41, 5.74) is 0.906. The lowest BCUT2D eigenvalue weighted by Crippen LogP contribution is -2.42. The lowest BCUT2D eigenvalue weighted by molar-refractivity contribution is 0.196. The van der Waals surface area contributed by atoms with Crippen molar-refractivity contribution in [3.05, 3.63) is 35.4 Å². The minimum absolute atomic E-state index is 0.262. The summed E-state index contributed by atoms with van der Waals surface area (Å²) in [4.78, 5) is 0. The van der Waals surface area contributed by atoms with Crippen LogP contribution in [0.5, 0.6) is 0 Å². The van der Waals surface area contributed by atoms with Crippen LogP contribution in [-0.4, -0.2) is 12.6 Å². The highest BCUT2D eigenvalue weighted by Crippen LogP contribution is 2.45. The monoisotopic (exact) mass is 281 g/mol. The zero-order chi connectivity index (χ0) is 14.8. The molecule has 1 aromatic rings. The van der Waals surface area contributed by atoms with E-state index in [2.05, 4.69) is 26.1 Å². The topological polar surface area (TPSA) is 12.0 Å². The summed E-state index contributed by atoms with van der Waals surface area (Å²) in [6, 6.07) is 4.17. The Labute approximate surface area is 120 Å². The molecule has 2 unspecified atom stereocenters. The third kappa shape index (κ3) is 3.38. The average Bonchev–Trinajstić information content (AvgIpc) is 2.71. The second kappa shape index (κ2) is 6.21. The summed E-state index contributed by atoms with van der Waals surface area (Å²) in [6.45, 7) is 7.56. The fraction of sp³-hybridized carbons (Fsp3) is 0.647. The summed E-state index contributed by atoms with van der Waals surface area (Å²) in [7, 11) is 0. The quantitative estimate of drug-likeness (QED) is 0.848. The van der Waals surface area contributed by atoms with Crippen molar-refractivity contribution in [3.8, 4) is 0 Å². The van der Waals surface area contributed by atoms with Crippen molar-refractivity contribution >= 4 is 0 Å². The van der Waals surface area contributed by atoms with Crippen molar-refractivity contribution in [1.82, 2.24) is 5.32 Å². The van der Waals surface area contributed by atoms with Crippen LogP contribution < -0.4 is 5.32 Å². The standard InChI is InChI=1S/C17H25F2N/c1-4-20-16(14-6-5-9-17(14,2)3)10-12-7-8-13(18)11-15(12)19/h7-8,11,14,16,20H,4-6,9-10H2,1-3H3. The second-order valence-corrected chi connectivity index (χ2v) is 6.59. The molecule has 0 saturated heterocycles. The van der Waals surface area contributed by atoms with Gasteiger partial charge in [0.1, 0.15) is 11.6 Å². The number of hydrogen-bond donors (Lipinski definition) is 1. The van der Waals surface area contributed by atoms with Gasteiger partial charge in [-0.15, -0.1) is 0 Å². The first-order valence-corrected chi connectivity index (χ1v) is 7.61. The van der Waals surface area contributed by atoms with Gasteiger partial charge in [-0.25, -0.2) is 8.78 Å².